The summed E-state index contributed by atoms with van der Waals surface area (Å²) in [4.78, 5) is 22.5. The molecule has 29 heavy (non-hydrogen) atoms. The minimum absolute atomic E-state index is 0.454. The van der Waals surface area contributed by atoms with E-state index in [1.165, 1.54) is 0 Å². The van der Waals surface area contributed by atoms with Crippen LogP contribution in [-0.4, -0.2) is 117 Å². The van der Waals surface area contributed by atoms with E-state index in [2.05, 4.69) is 0 Å². The highest BCUT2D eigenvalue weighted by molar-refractivity contribution is 5.66. The van der Waals surface area contributed by atoms with Gasteiger partial charge in [0.2, 0.25) is 5.79 Å². The Bertz CT molecular complexity index is 583. The van der Waals surface area contributed by atoms with Crippen LogP contribution in [0.1, 0.15) is 13.8 Å². The van der Waals surface area contributed by atoms with Gasteiger partial charge in [0.1, 0.15) is 49.8 Å². The smallest absolute Gasteiger partial charge is 0.303 e. The van der Waals surface area contributed by atoms with Gasteiger partial charge in [-0.05, 0) is 0 Å². The highest BCUT2D eigenvalue weighted by atomic mass is 16.8. The summed E-state index contributed by atoms with van der Waals surface area (Å²) in [6.45, 7) is -0.0177. The van der Waals surface area contributed by atoms with Crippen LogP contribution in [0.4, 0.5) is 0 Å². The summed E-state index contributed by atoms with van der Waals surface area (Å²) in [6.07, 6.45) is -12.8. The lowest BCUT2D eigenvalue weighted by Crippen LogP contribution is -2.62. The first-order valence-electron chi connectivity index (χ1n) is 8.82. The van der Waals surface area contributed by atoms with E-state index >= 15 is 0 Å². The van der Waals surface area contributed by atoms with Gasteiger partial charge in [0.05, 0.1) is 6.61 Å². The van der Waals surface area contributed by atoms with Crippen LogP contribution < -0.4 is 0 Å². The Morgan fingerprint density at radius 3 is 2.14 bits per heavy atom. The third kappa shape index (κ3) is 5.02. The zero-order valence-corrected chi connectivity index (χ0v) is 15.8. The molecule has 2 fully saturated rings. The number of aliphatic hydroxyl groups is 6. The molecule has 0 bridgehead atoms. The summed E-state index contributed by atoms with van der Waals surface area (Å²) in [5.74, 6) is -3.79. The maximum absolute atomic E-state index is 11.4. The first kappa shape index (κ1) is 23.9. The van der Waals surface area contributed by atoms with Crippen molar-refractivity contribution in [2.75, 3.05) is 19.8 Å². The lowest BCUT2D eigenvalue weighted by Gasteiger charge is -2.43. The molecule has 0 aromatic rings. The summed E-state index contributed by atoms with van der Waals surface area (Å²) in [5.41, 5.74) is 0. The Hall–Kier alpha value is -1.42. The molecule has 13 nitrogen and oxygen atoms in total. The van der Waals surface area contributed by atoms with Gasteiger partial charge in [0, 0.05) is 13.8 Å². The molecule has 0 aliphatic carbocycles. The Kier molecular flexibility index (Phi) is 7.89. The van der Waals surface area contributed by atoms with E-state index in [-0.39, 0.29) is 0 Å². The number of aliphatic hydroxyl groups excluding tert-OH is 6. The molecular weight excluding hydrogens is 400 g/mol. The highest BCUT2D eigenvalue weighted by Crippen LogP contribution is 2.37. The van der Waals surface area contributed by atoms with Crippen LogP contribution in [0, 0.1) is 0 Å². The normalized spacial score (nSPS) is 42.5. The monoisotopic (exact) mass is 426 g/mol. The van der Waals surface area contributed by atoms with E-state index in [1.807, 2.05) is 0 Å². The molecule has 2 aliphatic heterocycles. The van der Waals surface area contributed by atoms with Crippen molar-refractivity contribution in [3.63, 3.8) is 0 Å². The molecule has 2 unspecified atom stereocenters. The molecule has 0 aromatic carbocycles. The Balaban J connectivity index is 2.25. The zero-order valence-electron chi connectivity index (χ0n) is 15.8. The van der Waals surface area contributed by atoms with Gasteiger partial charge in [-0.25, -0.2) is 0 Å². The number of esters is 2. The summed E-state index contributed by atoms with van der Waals surface area (Å²) in [6, 6.07) is 0. The standard InChI is InChI=1S/C16H26O13/c1-6(19)25-4-9-13(26-7(2)20)14(24)16(5-18,28-9)29-15-12(23)11(22)10(21)8(3-17)27-15/h8-15,17-18,21-24H,3-5H2,1-2H3/t8-,9-,10-,11+,12-,13-,14+,15?,16?/m1/s1. The second-order valence-electron chi connectivity index (χ2n) is 6.76. The minimum Gasteiger partial charge on any atom is -0.463 e. The van der Waals surface area contributed by atoms with Crippen molar-refractivity contribution in [2.45, 2.75) is 68.7 Å². The molecular formula is C16H26O13. The fourth-order valence-electron chi connectivity index (χ4n) is 3.13. The van der Waals surface area contributed by atoms with Crippen LogP contribution in [0.2, 0.25) is 0 Å². The van der Waals surface area contributed by atoms with E-state index < -0.39 is 86.6 Å². The van der Waals surface area contributed by atoms with Crippen molar-refractivity contribution in [3.8, 4) is 0 Å². The average Bonchev–Trinajstić information content (AvgIpc) is 2.92. The van der Waals surface area contributed by atoms with E-state index in [9.17, 15) is 40.2 Å². The quantitative estimate of drug-likeness (QED) is 0.214. The number of rotatable bonds is 7. The van der Waals surface area contributed by atoms with Gasteiger partial charge in [-0.3, -0.25) is 9.59 Å². The van der Waals surface area contributed by atoms with E-state index in [0.29, 0.717) is 0 Å². The van der Waals surface area contributed by atoms with Crippen LogP contribution in [-0.2, 0) is 33.3 Å². The highest BCUT2D eigenvalue weighted by Gasteiger charge is 2.60. The summed E-state index contributed by atoms with van der Waals surface area (Å²) < 4.78 is 25.9. The number of ether oxygens (including phenoxy) is 5. The molecule has 2 heterocycles. The fraction of sp³-hybridized carbons (Fsp3) is 0.875. The van der Waals surface area contributed by atoms with Crippen molar-refractivity contribution >= 4 is 11.9 Å². The molecule has 13 heteroatoms. The van der Waals surface area contributed by atoms with Crippen LogP contribution >= 0.6 is 0 Å². The average molecular weight is 426 g/mol. The number of hydrogen-bond donors (Lipinski definition) is 6. The molecule has 168 valence electrons. The topological polar surface area (TPSA) is 202 Å². The van der Waals surface area contributed by atoms with Crippen molar-refractivity contribution in [2.24, 2.45) is 0 Å². The second-order valence-corrected chi connectivity index (χ2v) is 6.76. The largest absolute Gasteiger partial charge is 0.463 e. The number of carbonyl (C=O) groups is 2. The Labute approximate surface area is 165 Å². The predicted molar refractivity (Wildman–Crippen MR) is 87.7 cm³/mol. The van der Waals surface area contributed by atoms with Crippen molar-refractivity contribution in [1.82, 2.24) is 0 Å². The molecule has 0 saturated carbocycles. The van der Waals surface area contributed by atoms with Gasteiger partial charge in [-0.2, -0.15) is 0 Å². The summed E-state index contributed by atoms with van der Waals surface area (Å²) in [7, 11) is 0. The second kappa shape index (κ2) is 9.59. The molecule has 2 saturated heterocycles. The van der Waals surface area contributed by atoms with E-state index in [1.54, 1.807) is 0 Å². The first-order chi connectivity index (χ1) is 13.6. The van der Waals surface area contributed by atoms with Crippen LogP contribution in [0.25, 0.3) is 0 Å². The molecule has 0 amide bonds. The van der Waals surface area contributed by atoms with Crippen LogP contribution in [0.15, 0.2) is 0 Å². The van der Waals surface area contributed by atoms with Gasteiger partial charge in [0.15, 0.2) is 12.4 Å². The lowest BCUT2D eigenvalue weighted by molar-refractivity contribution is -0.383. The van der Waals surface area contributed by atoms with Crippen LogP contribution in [0.5, 0.6) is 0 Å². The van der Waals surface area contributed by atoms with Crippen molar-refractivity contribution in [1.29, 1.82) is 0 Å². The minimum atomic E-state index is -2.31. The summed E-state index contributed by atoms with van der Waals surface area (Å²) in [5, 5.41) is 59.5. The maximum atomic E-state index is 11.4. The molecule has 0 radical (unpaired) electrons. The number of hydrogen-bond acceptors (Lipinski definition) is 13. The number of carbonyl (C=O) groups excluding carboxylic acids is 2. The molecule has 0 spiro atoms. The lowest BCUT2D eigenvalue weighted by atomic mass is 9.99. The first-order valence-corrected chi connectivity index (χ1v) is 8.82. The molecule has 9 atom stereocenters. The fourth-order valence-corrected chi connectivity index (χ4v) is 3.13. The van der Waals surface area contributed by atoms with Gasteiger partial charge < -0.3 is 54.3 Å². The van der Waals surface area contributed by atoms with Gasteiger partial charge in [0.25, 0.3) is 0 Å². The van der Waals surface area contributed by atoms with Crippen molar-refractivity contribution in [3.05, 3.63) is 0 Å². The SMILES string of the molecule is CC(=O)OC[C@H]1OC(CO)(OC2O[C@H](CO)[C@@H](O)[C@H](O)[C@H]2O)[C@@H](O)[C@@H]1OC(C)=O. The Morgan fingerprint density at radius 2 is 1.62 bits per heavy atom. The Morgan fingerprint density at radius 1 is 0.966 bits per heavy atom. The van der Waals surface area contributed by atoms with Gasteiger partial charge in [-0.15, -0.1) is 0 Å². The molecule has 2 rings (SSSR count). The maximum Gasteiger partial charge on any atom is 0.303 e. The third-order valence-electron chi connectivity index (χ3n) is 4.62. The van der Waals surface area contributed by atoms with Crippen molar-refractivity contribution < 1.29 is 63.9 Å². The zero-order chi connectivity index (χ0) is 21.9. The van der Waals surface area contributed by atoms with Crippen LogP contribution in [0.3, 0.4) is 0 Å². The molecule has 2 aliphatic rings. The molecule has 6 N–H and O–H groups in total. The third-order valence-corrected chi connectivity index (χ3v) is 4.62. The molecule has 0 aromatic heterocycles. The van der Waals surface area contributed by atoms with E-state index in [0.717, 1.165) is 13.8 Å². The summed E-state index contributed by atoms with van der Waals surface area (Å²) >= 11 is 0. The van der Waals surface area contributed by atoms with E-state index in [4.69, 9.17) is 23.7 Å². The van der Waals surface area contributed by atoms with Gasteiger partial charge in [-0.1, -0.05) is 0 Å². The van der Waals surface area contributed by atoms with Gasteiger partial charge >= 0.3 is 11.9 Å². The predicted octanol–water partition coefficient (Wildman–Crippen LogP) is -4.25.